The molecule has 1 heteroatoms. The molecule has 0 fully saturated rings. The Bertz CT molecular complexity index is 855. The predicted molar refractivity (Wildman–Crippen MR) is 92.7 cm³/mol. The Balaban J connectivity index is 1.93. The summed E-state index contributed by atoms with van der Waals surface area (Å²) in [7, 11) is 0. The molecule has 0 saturated heterocycles. The first-order valence-electron chi connectivity index (χ1n) is 7.05. The molecule has 0 bridgehead atoms. The van der Waals surface area contributed by atoms with Crippen LogP contribution >= 0.6 is 11.3 Å². The van der Waals surface area contributed by atoms with E-state index in [1.807, 2.05) is 11.3 Å². The fourth-order valence-corrected chi connectivity index (χ4v) is 3.78. The average Bonchev–Trinajstić information content (AvgIpc) is 2.99. The number of fused-ring (bicyclic) bond motifs is 1. The van der Waals surface area contributed by atoms with Gasteiger partial charge in [-0.2, -0.15) is 0 Å². The molecule has 0 aliphatic heterocycles. The van der Waals surface area contributed by atoms with Gasteiger partial charge in [0.1, 0.15) is 0 Å². The second-order valence-electron chi connectivity index (χ2n) is 5.06. The molecule has 21 heavy (non-hydrogen) atoms. The highest BCUT2D eigenvalue weighted by atomic mass is 32.1. The van der Waals surface area contributed by atoms with Crippen LogP contribution in [0.2, 0.25) is 0 Å². The minimum absolute atomic E-state index is 1.27. The van der Waals surface area contributed by atoms with Crippen molar-refractivity contribution in [2.75, 3.05) is 0 Å². The summed E-state index contributed by atoms with van der Waals surface area (Å²) >= 11 is 1.86. The van der Waals surface area contributed by atoms with Gasteiger partial charge in [-0.25, -0.2) is 0 Å². The largest absolute Gasteiger partial charge is 0.135 e. The molecular formula is C20H14S. The molecule has 1 aromatic heterocycles. The number of benzene rings is 3. The number of rotatable bonds is 2. The van der Waals surface area contributed by atoms with Crippen LogP contribution in [-0.2, 0) is 0 Å². The van der Waals surface area contributed by atoms with Gasteiger partial charge >= 0.3 is 0 Å². The van der Waals surface area contributed by atoms with E-state index in [-0.39, 0.29) is 0 Å². The van der Waals surface area contributed by atoms with Crippen LogP contribution in [0.15, 0.2) is 84.9 Å². The first-order chi connectivity index (χ1) is 10.4. The van der Waals surface area contributed by atoms with Gasteiger partial charge in [-0.15, -0.1) is 11.3 Å². The highest BCUT2D eigenvalue weighted by Gasteiger charge is 2.09. The molecule has 1 heterocycles. The fourth-order valence-electron chi connectivity index (χ4n) is 2.68. The van der Waals surface area contributed by atoms with E-state index in [0.29, 0.717) is 0 Å². The molecule has 0 nitrogen and oxygen atoms in total. The quantitative estimate of drug-likeness (QED) is 0.409. The summed E-state index contributed by atoms with van der Waals surface area (Å²) in [5.74, 6) is 0. The van der Waals surface area contributed by atoms with Crippen LogP contribution in [0.4, 0.5) is 0 Å². The number of hydrogen-bond acceptors (Lipinski definition) is 1. The predicted octanol–water partition coefficient (Wildman–Crippen LogP) is 6.24. The van der Waals surface area contributed by atoms with Crippen molar-refractivity contribution in [2.45, 2.75) is 0 Å². The lowest BCUT2D eigenvalue weighted by atomic mass is 9.98. The molecule has 0 N–H and O–H groups in total. The maximum Gasteiger partial charge on any atom is 0.0361 e. The Labute approximate surface area is 128 Å². The average molecular weight is 286 g/mol. The first-order valence-corrected chi connectivity index (χ1v) is 7.87. The molecule has 0 unspecified atom stereocenters. The SMILES string of the molecule is c1ccc(-c2ccccc2-c2cc3ccccc3s2)cc1. The smallest absolute Gasteiger partial charge is 0.0361 e. The summed E-state index contributed by atoms with van der Waals surface area (Å²) < 4.78 is 1.34. The van der Waals surface area contributed by atoms with Crippen LogP contribution in [0, 0.1) is 0 Å². The van der Waals surface area contributed by atoms with Crippen LogP contribution in [0.1, 0.15) is 0 Å². The van der Waals surface area contributed by atoms with E-state index in [1.165, 1.54) is 31.7 Å². The Kier molecular flexibility index (Phi) is 3.06. The van der Waals surface area contributed by atoms with E-state index in [9.17, 15) is 0 Å². The third-order valence-electron chi connectivity index (χ3n) is 3.70. The van der Waals surface area contributed by atoms with E-state index in [0.717, 1.165) is 0 Å². The summed E-state index contributed by atoms with van der Waals surface area (Å²) in [6, 6.07) is 30.1. The highest BCUT2D eigenvalue weighted by Crippen LogP contribution is 2.38. The number of thiophene rings is 1. The lowest BCUT2D eigenvalue weighted by Crippen LogP contribution is -1.81. The maximum absolute atomic E-state index is 2.29. The zero-order valence-electron chi connectivity index (χ0n) is 11.5. The van der Waals surface area contributed by atoms with E-state index >= 15 is 0 Å². The van der Waals surface area contributed by atoms with Crippen molar-refractivity contribution in [3.05, 3.63) is 84.9 Å². The summed E-state index contributed by atoms with van der Waals surface area (Å²) in [6.45, 7) is 0. The van der Waals surface area contributed by atoms with Gasteiger partial charge in [0.2, 0.25) is 0 Å². The molecule has 100 valence electrons. The Morgan fingerprint density at radius 1 is 0.571 bits per heavy atom. The van der Waals surface area contributed by atoms with E-state index in [4.69, 9.17) is 0 Å². The minimum atomic E-state index is 1.27. The van der Waals surface area contributed by atoms with Crippen molar-refractivity contribution in [2.24, 2.45) is 0 Å². The van der Waals surface area contributed by atoms with Crippen LogP contribution < -0.4 is 0 Å². The first kappa shape index (κ1) is 12.4. The van der Waals surface area contributed by atoms with Crippen molar-refractivity contribution < 1.29 is 0 Å². The van der Waals surface area contributed by atoms with Gasteiger partial charge in [0.25, 0.3) is 0 Å². The molecule has 0 atom stereocenters. The molecule has 0 aliphatic rings. The normalized spacial score (nSPS) is 10.9. The van der Waals surface area contributed by atoms with Gasteiger partial charge in [-0.3, -0.25) is 0 Å². The van der Waals surface area contributed by atoms with Gasteiger partial charge in [0.05, 0.1) is 0 Å². The molecule has 4 rings (SSSR count). The fraction of sp³-hybridized carbons (Fsp3) is 0. The van der Waals surface area contributed by atoms with Crippen LogP contribution in [-0.4, -0.2) is 0 Å². The summed E-state index contributed by atoms with van der Waals surface area (Å²) in [6.07, 6.45) is 0. The van der Waals surface area contributed by atoms with Crippen molar-refractivity contribution in [3.8, 4) is 21.6 Å². The summed E-state index contributed by atoms with van der Waals surface area (Å²) in [5.41, 5.74) is 3.88. The topological polar surface area (TPSA) is 0 Å². The highest BCUT2D eigenvalue weighted by molar-refractivity contribution is 7.22. The molecular weight excluding hydrogens is 272 g/mol. The van der Waals surface area contributed by atoms with Crippen molar-refractivity contribution in [1.82, 2.24) is 0 Å². The Morgan fingerprint density at radius 2 is 1.24 bits per heavy atom. The van der Waals surface area contributed by atoms with Crippen LogP contribution in [0.3, 0.4) is 0 Å². The standard InChI is InChI=1S/C20H14S/c1-2-8-15(9-3-1)17-11-5-6-12-18(17)20-14-16-10-4-7-13-19(16)21-20/h1-14H. The number of hydrogen-bond donors (Lipinski definition) is 0. The van der Waals surface area contributed by atoms with E-state index in [2.05, 4.69) is 84.9 Å². The zero-order chi connectivity index (χ0) is 14.1. The van der Waals surface area contributed by atoms with Gasteiger partial charge < -0.3 is 0 Å². The molecule has 0 saturated carbocycles. The van der Waals surface area contributed by atoms with Gasteiger partial charge in [-0.1, -0.05) is 72.8 Å². The second kappa shape index (κ2) is 5.19. The maximum atomic E-state index is 2.29. The molecule has 0 aliphatic carbocycles. The van der Waals surface area contributed by atoms with Crippen molar-refractivity contribution in [3.63, 3.8) is 0 Å². The van der Waals surface area contributed by atoms with Gasteiger partial charge in [-0.05, 0) is 34.2 Å². The molecule has 0 spiro atoms. The van der Waals surface area contributed by atoms with E-state index in [1.54, 1.807) is 0 Å². The summed E-state index contributed by atoms with van der Waals surface area (Å²) in [5, 5.41) is 1.32. The van der Waals surface area contributed by atoms with Crippen molar-refractivity contribution >= 4 is 21.4 Å². The van der Waals surface area contributed by atoms with Crippen LogP contribution in [0.5, 0.6) is 0 Å². The van der Waals surface area contributed by atoms with E-state index < -0.39 is 0 Å². The Hall–Kier alpha value is -2.38. The lowest BCUT2D eigenvalue weighted by molar-refractivity contribution is 1.62. The third kappa shape index (κ3) is 2.26. The Morgan fingerprint density at radius 3 is 2.05 bits per heavy atom. The third-order valence-corrected chi connectivity index (χ3v) is 4.85. The molecule has 3 aromatic carbocycles. The van der Waals surface area contributed by atoms with Crippen LogP contribution in [0.25, 0.3) is 31.7 Å². The summed E-state index contributed by atoms with van der Waals surface area (Å²) in [4.78, 5) is 1.33. The van der Waals surface area contributed by atoms with Gasteiger partial charge in [0.15, 0.2) is 0 Å². The zero-order valence-corrected chi connectivity index (χ0v) is 12.3. The molecule has 0 amide bonds. The van der Waals surface area contributed by atoms with Crippen molar-refractivity contribution in [1.29, 1.82) is 0 Å². The monoisotopic (exact) mass is 286 g/mol. The lowest BCUT2D eigenvalue weighted by Gasteiger charge is -2.07. The molecule has 0 radical (unpaired) electrons. The second-order valence-corrected chi connectivity index (χ2v) is 6.14. The van der Waals surface area contributed by atoms with Gasteiger partial charge in [0, 0.05) is 9.58 Å². The minimum Gasteiger partial charge on any atom is -0.135 e. The molecule has 4 aromatic rings.